The van der Waals surface area contributed by atoms with Crippen LogP contribution in [0.2, 0.25) is 0 Å². The van der Waals surface area contributed by atoms with Gasteiger partial charge in [0.05, 0.1) is 31.4 Å². The normalized spacial score (nSPS) is 17.3. The summed E-state index contributed by atoms with van der Waals surface area (Å²) in [4.78, 5) is 8.92. The maximum absolute atomic E-state index is 13.2. The number of imidazole rings is 1. The Morgan fingerprint density at radius 3 is 2.79 bits per heavy atom. The number of alkyl halides is 3. The van der Waals surface area contributed by atoms with E-state index >= 15 is 0 Å². The van der Waals surface area contributed by atoms with Crippen LogP contribution in [-0.2, 0) is 10.9 Å². The molecule has 2 aromatic carbocycles. The summed E-state index contributed by atoms with van der Waals surface area (Å²) >= 11 is 0. The third kappa shape index (κ3) is 4.21. The molecule has 1 unspecified atom stereocenters. The van der Waals surface area contributed by atoms with E-state index in [0.29, 0.717) is 41.9 Å². The maximum Gasteiger partial charge on any atom is 0.416 e. The summed E-state index contributed by atoms with van der Waals surface area (Å²) < 4.78 is 58.6. The van der Waals surface area contributed by atoms with Crippen LogP contribution < -0.4 is 14.8 Å². The molecule has 178 valence electrons. The topological polar surface area (TPSA) is 69.9 Å². The molecule has 0 spiro atoms. The lowest BCUT2D eigenvalue weighted by Gasteiger charge is -2.20. The number of nitrogens with zero attached hydrogens (tertiary/aromatic N) is 3. The van der Waals surface area contributed by atoms with Crippen molar-refractivity contribution in [3.63, 3.8) is 0 Å². The minimum absolute atomic E-state index is 0.0864. The van der Waals surface area contributed by atoms with Crippen LogP contribution >= 0.6 is 0 Å². The Balaban J connectivity index is 1.57. The number of anilines is 1. The van der Waals surface area contributed by atoms with Crippen molar-refractivity contribution >= 4 is 22.5 Å². The molecule has 3 heterocycles. The van der Waals surface area contributed by atoms with Crippen LogP contribution in [0.25, 0.3) is 16.7 Å². The highest BCUT2D eigenvalue weighted by molar-refractivity contribution is 5.93. The molecule has 2 aromatic heterocycles. The van der Waals surface area contributed by atoms with Crippen molar-refractivity contribution in [3.8, 4) is 11.5 Å². The summed E-state index contributed by atoms with van der Waals surface area (Å²) in [5.41, 5.74) is 0.563. The van der Waals surface area contributed by atoms with Crippen molar-refractivity contribution in [2.75, 3.05) is 25.6 Å². The zero-order chi connectivity index (χ0) is 23.9. The van der Waals surface area contributed by atoms with Crippen LogP contribution in [0, 0.1) is 0 Å². The fourth-order valence-corrected chi connectivity index (χ4v) is 4.08. The molecule has 5 rings (SSSR count). The average Bonchev–Trinajstić information content (AvgIpc) is 3.50. The van der Waals surface area contributed by atoms with E-state index in [9.17, 15) is 13.2 Å². The van der Waals surface area contributed by atoms with E-state index < -0.39 is 17.8 Å². The first-order valence-corrected chi connectivity index (χ1v) is 10.9. The number of fused-ring (bicyclic) bond motifs is 3. The van der Waals surface area contributed by atoms with E-state index in [1.165, 1.54) is 6.07 Å². The summed E-state index contributed by atoms with van der Waals surface area (Å²) in [5, 5.41) is 3.99. The predicted molar refractivity (Wildman–Crippen MR) is 120 cm³/mol. The number of nitrogens with one attached hydrogen (secondary N) is 1. The van der Waals surface area contributed by atoms with Gasteiger partial charge < -0.3 is 19.5 Å². The number of hydrogen-bond donors (Lipinski definition) is 1. The molecule has 0 amide bonds. The van der Waals surface area contributed by atoms with Crippen LogP contribution in [-0.4, -0.2) is 40.8 Å². The molecule has 34 heavy (non-hydrogen) atoms. The Kier molecular flexibility index (Phi) is 5.68. The first kappa shape index (κ1) is 22.3. The lowest BCUT2D eigenvalue weighted by molar-refractivity contribution is -0.137. The van der Waals surface area contributed by atoms with Crippen molar-refractivity contribution in [2.24, 2.45) is 0 Å². The van der Waals surface area contributed by atoms with Gasteiger partial charge >= 0.3 is 6.18 Å². The molecule has 1 aliphatic rings. The summed E-state index contributed by atoms with van der Waals surface area (Å²) in [6.45, 7) is 2.92. The second kappa shape index (κ2) is 8.68. The van der Waals surface area contributed by atoms with Crippen molar-refractivity contribution in [1.82, 2.24) is 14.4 Å². The van der Waals surface area contributed by atoms with Crippen LogP contribution in [0.1, 0.15) is 30.5 Å². The highest BCUT2D eigenvalue weighted by Gasteiger charge is 2.31. The van der Waals surface area contributed by atoms with Crippen LogP contribution in [0.3, 0.4) is 0 Å². The number of aromatic nitrogens is 3. The van der Waals surface area contributed by atoms with Gasteiger partial charge in [0.2, 0.25) is 5.78 Å². The third-order valence-electron chi connectivity index (χ3n) is 5.88. The Morgan fingerprint density at radius 2 is 2.06 bits per heavy atom. The minimum Gasteiger partial charge on any atom is -0.493 e. The Bertz CT molecular complexity index is 1330. The molecule has 1 N–H and O–H groups in total. The van der Waals surface area contributed by atoms with Gasteiger partial charge in [-0.2, -0.15) is 18.2 Å². The van der Waals surface area contributed by atoms with Crippen molar-refractivity contribution in [1.29, 1.82) is 0 Å². The molecule has 4 aromatic rings. The van der Waals surface area contributed by atoms with E-state index in [1.54, 1.807) is 32.5 Å². The largest absolute Gasteiger partial charge is 0.493 e. The minimum atomic E-state index is -4.41. The van der Waals surface area contributed by atoms with Gasteiger partial charge in [-0.1, -0.05) is 12.1 Å². The van der Waals surface area contributed by atoms with Crippen molar-refractivity contribution in [2.45, 2.75) is 31.7 Å². The van der Waals surface area contributed by atoms with E-state index in [0.717, 1.165) is 29.5 Å². The molecular weight excluding hydrogens is 449 g/mol. The summed E-state index contributed by atoms with van der Waals surface area (Å²) in [6.07, 6.45) is -0.305. The predicted octanol–water partition coefficient (Wildman–Crippen LogP) is 5.25. The zero-order valence-corrected chi connectivity index (χ0v) is 18.6. The van der Waals surface area contributed by atoms with Gasteiger partial charge in [-0.15, -0.1) is 0 Å². The molecule has 0 aliphatic carbocycles. The number of hydrogen-bond acceptors (Lipinski definition) is 6. The molecular formula is C24H23F3N4O3. The second-order valence-electron chi connectivity index (χ2n) is 8.17. The van der Waals surface area contributed by atoms with Gasteiger partial charge in [-0.05, 0) is 30.7 Å². The average molecular weight is 472 g/mol. The van der Waals surface area contributed by atoms with Crippen molar-refractivity contribution < 1.29 is 27.4 Å². The van der Waals surface area contributed by atoms with Crippen LogP contribution in [0.15, 0.2) is 48.8 Å². The van der Waals surface area contributed by atoms with Crippen LogP contribution in [0.5, 0.6) is 11.5 Å². The van der Waals surface area contributed by atoms with Gasteiger partial charge in [0, 0.05) is 36.3 Å². The number of rotatable bonds is 6. The molecule has 10 heteroatoms. The van der Waals surface area contributed by atoms with Crippen LogP contribution in [0.4, 0.5) is 19.0 Å². The molecule has 2 atom stereocenters. The molecule has 1 aliphatic heterocycles. The lowest BCUT2D eigenvalue weighted by Crippen LogP contribution is -2.16. The smallest absolute Gasteiger partial charge is 0.416 e. The lowest BCUT2D eigenvalue weighted by atomic mass is 10.0. The zero-order valence-electron chi connectivity index (χ0n) is 18.6. The quantitative estimate of drug-likeness (QED) is 0.413. The maximum atomic E-state index is 13.2. The fraction of sp³-hybridized carbons (Fsp3) is 0.333. The molecule has 0 radical (unpaired) electrons. The SMILES string of the molecule is COc1cc2c(cc1O[C@H]1CCOC1)c(NC(C)c1cccc(C(F)(F)F)c1)nc1nccn12. The summed E-state index contributed by atoms with van der Waals surface area (Å²) in [6, 6.07) is 8.48. The summed E-state index contributed by atoms with van der Waals surface area (Å²) in [5.74, 6) is 2.03. The number of benzene rings is 2. The van der Waals surface area contributed by atoms with E-state index in [-0.39, 0.29) is 6.10 Å². The van der Waals surface area contributed by atoms with Gasteiger partial charge in [-0.3, -0.25) is 4.40 Å². The Hall–Kier alpha value is -3.53. The molecule has 1 fully saturated rings. The standard InChI is InChI=1S/C24H23F3N4O3/c1-14(15-4-3-5-16(10-15)24(25,26)27)29-22-18-11-21(34-17-6-9-33-13-17)20(32-2)12-19(18)31-8-7-28-23(31)30-22/h3-5,7-8,10-12,14,17H,6,9,13H2,1-2H3,(H,28,29,30)/t14?,17-/m0/s1. The van der Waals surface area contributed by atoms with E-state index in [4.69, 9.17) is 14.2 Å². The Morgan fingerprint density at radius 1 is 1.21 bits per heavy atom. The van der Waals surface area contributed by atoms with Gasteiger partial charge in [-0.25, -0.2) is 4.98 Å². The molecule has 1 saturated heterocycles. The second-order valence-corrected chi connectivity index (χ2v) is 8.17. The number of ether oxygens (including phenoxy) is 3. The summed E-state index contributed by atoms with van der Waals surface area (Å²) in [7, 11) is 1.57. The molecule has 0 bridgehead atoms. The first-order chi connectivity index (χ1) is 16.3. The third-order valence-corrected chi connectivity index (χ3v) is 5.88. The monoisotopic (exact) mass is 472 g/mol. The first-order valence-electron chi connectivity index (χ1n) is 10.9. The molecule has 7 nitrogen and oxygen atoms in total. The van der Waals surface area contributed by atoms with Crippen molar-refractivity contribution in [3.05, 3.63) is 59.9 Å². The van der Waals surface area contributed by atoms with Gasteiger partial charge in [0.1, 0.15) is 11.9 Å². The van der Waals surface area contributed by atoms with E-state index in [1.807, 2.05) is 16.5 Å². The molecule has 0 saturated carbocycles. The van der Waals surface area contributed by atoms with E-state index in [2.05, 4.69) is 15.3 Å². The highest BCUT2D eigenvalue weighted by Crippen LogP contribution is 2.38. The Labute approximate surface area is 193 Å². The van der Waals surface area contributed by atoms with Gasteiger partial charge in [0.15, 0.2) is 11.5 Å². The number of methoxy groups -OCH3 is 1. The van der Waals surface area contributed by atoms with Gasteiger partial charge in [0.25, 0.3) is 0 Å². The highest BCUT2D eigenvalue weighted by atomic mass is 19.4. The number of halogens is 3. The fourth-order valence-electron chi connectivity index (χ4n) is 4.08.